The standard InChI is InChI=1S/C12H15N3OS/c1-12(2)6-7-8(14-10(12)16)4-3-5-9(7)15-11(13)17/h3-5H,6H2,1-2H3,(H,14,16)(H3,13,15,17). The Balaban J connectivity index is 2.45. The van der Waals surface area contributed by atoms with Crippen molar-refractivity contribution in [1.29, 1.82) is 0 Å². The van der Waals surface area contributed by atoms with E-state index in [0.717, 1.165) is 16.9 Å². The van der Waals surface area contributed by atoms with Gasteiger partial charge < -0.3 is 16.4 Å². The molecule has 4 nitrogen and oxygen atoms in total. The summed E-state index contributed by atoms with van der Waals surface area (Å²) in [4.78, 5) is 11.8. The van der Waals surface area contributed by atoms with Gasteiger partial charge in [0.15, 0.2) is 5.11 Å². The van der Waals surface area contributed by atoms with Crippen molar-refractivity contribution in [2.75, 3.05) is 10.6 Å². The molecule has 17 heavy (non-hydrogen) atoms. The molecule has 2 rings (SSSR count). The van der Waals surface area contributed by atoms with Gasteiger partial charge in [0.2, 0.25) is 5.91 Å². The molecule has 90 valence electrons. The molecule has 0 spiro atoms. The zero-order valence-corrected chi connectivity index (χ0v) is 10.6. The van der Waals surface area contributed by atoms with Crippen LogP contribution in [-0.2, 0) is 11.2 Å². The molecule has 1 heterocycles. The van der Waals surface area contributed by atoms with Crippen LogP contribution in [0.5, 0.6) is 0 Å². The van der Waals surface area contributed by atoms with Crippen LogP contribution in [-0.4, -0.2) is 11.0 Å². The number of anilines is 2. The van der Waals surface area contributed by atoms with Gasteiger partial charge in [0.05, 0.1) is 0 Å². The Morgan fingerprint density at radius 3 is 2.88 bits per heavy atom. The van der Waals surface area contributed by atoms with Gasteiger partial charge in [0.25, 0.3) is 0 Å². The summed E-state index contributed by atoms with van der Waals surface area (Å²) in [6.07, 6.45) is 0.667. The molecule has 1 aromatic rings. The summed E-state index contributed by atoms with van der Waals surface area (Å²) in [6, 6.07) is 5.65. The molecule has 1 aliphatic heterocycles. The third-order valence-electron chi connectivity index (χ3n) is 2.92. The number of benzene rings is 1. The van der Waals surface area contributed by atoms with E-state index in [-0.39, 0.29) is 11.0 Å². The van der Waals surface area contributed by atoms with Crippen LogP contribution in [0.4, 0.5) is 11.4 Å². The fraction of sp³-hybridized carbons (Fsp3) is 0.333. The van der Waals surface area contributed by atoms with E-state index in [1.165, 1.54) is 0 Å². The second kappa shape index (κ2) is 4.00. The molecule has 4 N–H and O–H groups in total. The number of fused-ring (bicyclic) bond motifs is 1. The van der Waals surface area contributed by atoms with Crippen LogP contribution in [0.2, 0.25) is 0 Å². The van der Waals surface area contributed by atoms with Crippen LogP contribution >= 0.6 is 12.2 Å². The van der Waals surface area contributed by atoms with Gasteiger partial charge in [-0.25, -0.2) is 0 Å². The van der Waals surface area contributed by atoms with E-state index in [2.05, 4.69) is 10.6 Å². The quantitative estimate of drug-likeness (QED) is 0.665. The van der Waals surface area contributed by atoms with Gasteiger partial charge in [-0.05, 0) is 30.8 Å². The summed E-state index contributed by atoms with van der Waals surface area (Å²) in [5.41, 5.74) is 7.81. The van der Waals surface area contributed by atoms with Gasteiger partial charge in [-0.15, -0.1) is 0 Å². The first-order chi connectivity index (χ1) is 7.90. The molecule has 0 bridgehead atoms. The number of thiocarbonyl (C=S) groups is 1. The van der Waals surface area contributed by atoms with Crippen molar-refractivity contribution in [1.82, 2.24) is 0 Å². The van der Waals surface area contributed by atoms with E-state index >= 15 is 0 Å². The van der Waals surface area contributed by atoms with Gasteiger partial charge in [0, 0.05) is 22.4 Å². The predicted molar refractivity (Wildman–Crippen MR) is 73.0 cm³/mol. The molecule has 0 unspecified atom stereocenters. The molecule has 1 aromatic carbocycles. The van der Waals surface area contributed by atoms with E-state index in [9.17, 15) is 4.79 Å². The van der Waals surface area contributed by atoms with Crippen molar-refractivity contribution in [3.05, 3.63) is 23.8 Å². The van der Waals surface area contributed by atoms with Crippen LogP contribution in [0, 0.1) is 5.41 Å². The van der Waals surface area contributed by atoms with Gasteiger partial charge in [-0.1, -0.05) is 19.9 Å². The molecule has 0 aromatic heterocycles. The van der Waals surface area contributed by atoms with Crippen molar-refractivity contribution in [2.45, 2.75) is 20.3 Å². The lowest BCUT2D eigenvalue weighted by atomic mass is 9.81. The number of carbonyl (C=O) groups excluding carboxylic acids is 1. The average Bonchev–Trinajstić information content (AvgIpc) is 2.20. The van der Waals surface area contributed by atoms with Crippen molar-refractivity contribution in [2.24, 2.45) is 11.1 Å². The number of carbonyl (C=O) groups is 1. The summed E-state index contributed by atoms with van der Waals surface area (Å²) in [5.74, 6) is 0.0393. The Kier molecular flexibility index (Phi) is 2.79. The maximum Gasteiger partial charge on any atom is 0.230 e. The molecule has 5 heteroatoms. The van der Waals surface area contributed by atoms with E-state index < -0.39 is 5.41 Å². The summed E-state index contributed by atoms with van der Waals surface area (Å²) >= 11 is 4.84. The fourth-order valence-electron chi connectivity index (χ4n) is 1.96. The van der Waals surface area contributed by atoms with Gasteiger partial charge in [0.1, 0.15) is 0 Å². The summed E-state index contributed by atoms with van der Waals surface area (Å²) < 4.78 is 0. The average molecular weight is 249 g/mol. The summed E-state index contributed by atoms with van der Waals surface area (Å²) in [6.45, 7) is 3.84. The molecule has 0 radical (unpaired) electrons. The highest BCUT2D eigenvalue weighted by Crippen LogP contribution is 2.37. The van der Waals surface area contributed by atoms with E-state index in [0.29, 0.717) is 6.42 Å². The van der Waals surface area contributed by atoms with Gasteiger partial charge >= 0.3 is 0 Å². The summed E-state index contributed by atoms with van der Waals surface area (Å²) in [7, 11) is 0. The minimum Gasteiger partial charge on any atom is -0.376 e. The lowest BCUT2D eigenvalue weighted by molar-refractivity contribution is -0.124. The Hall–Kier alpha value is -1.62. The lowest BCUT2D eigenvalue weighted by Crippen LogP contribution is -2.37. The van der Waals surface area contributed by atoms with Crippen molar-refractivity contribution in [3.63, 3.8) is 0 Å². The molecule has 0 atom stereocenters. The van der Waals surface area contributed by atoms with Crippen LogP contribution in [0.1, 0.15) is 19.4 Å². The van der Waals surface area contributed by atoms with E-state index in [4.69, 9.17) is 18.0 Å². The Labute approximate surface area is 106 Å². The van der Waals surface area contributed by atoms with Crippen molar-refractivity contribution >= 4 is 34.6 Å². The van der Waals surface area contributed by atoms with Crippen LogP contribution < -0.4 is 16.4 Å². The molecular formula is C12H15N3OS. The SMILES string of the molecule is CC1(C)Cc2c(cccc2NC(N)=S)NC1=O. The second-order valence-corrected chi connectivity index (χ2v) is 5.28. The minimum atomic E-state index is -0.416. The predicted octanol–water partition coefficient (Wildman–Crippen LogP) is 1.86. The number of hydrogen-bond donors (Lipinski definition) is 3. The van der Waals surface area contributed by atoms with Gasteiger partial charge in [-0.3, -0.25) is 4.79 Å². The second-order valence-electron chi connectivity index (χ2n) is 4.84. The highest BCUT2D eigenvalue weighted by atomic mass is 32.1. The van der Waals surface area contributed by atoms with Crippen LogP contribution in [0.15, 0.2) is 18.2 Å². The minimum absolute atomic E-state index is 0.0393. The number of hydrogen-bond acceptors (Lipinski definition) is 2. The van der Waals surface area contributed by atoms with Crippen molar-refractivity contribution < 1.29 is 4.79 Å². The highest BCUT2D eigenvalue weighted by molar-refractivity contribution is 7.80. The zero-order valence-electron chi connectivity index (χ0n) is 9.83. The topological polar surface area (TPSA) is 67.2 Å². The number of amides is 1. The first-order valence-corrected chi connectivity index (χ1v) is 5.81. The maximum absolute atomic E-state index is 11.8. The molecule has 1 amide bonds. The van der Waals surface area contributed by atoms with E-state index in [1.807, 2.05) is 32.0 Å². The third kappa shape index (κ3) is 2.24. The molecule has 0 fully saturated rings. The fourth-order valence-corrected chi connectivity index (χ4v) is 2.07. The molecule has 0 saturated carbocycles. The zero-order chi connectivity index (χ0) is 12.6. The third-order valence-corrected chi connectivity index (χ3v) is 3.02. The molecule has 0 saturated heterocycles. The number of nitrogens with two attached hydrogens (primary N) is 1. The number of nitrogens with one attached hydrogen (secondary N) is 2. The Bertz CT molecular complexity index is 497. The first-order valence-electron chi connectivity index (χ1n) is 5.40. The Morgan fingerprint density at radius 1 is 1.53 bits per heavy atom. The maximum atomic E-state index is 11.8. The lowest BCUT2D eigenvalue weighted by Gasteiger charge is -2.31. The molecular weight excluding hydrogens is 234 g/mol. The number of rotatable bonds is 1. The first kappa shape index (κ1) is 11.9. The summed E-state index contributed by atoms with van der Waals surface area (Å²) in [5, 5.41) is 6.07. The molecule has 1 aliphatic rings. The monoisotopic (exact) mass is 249 g/mol. The van der Waals surface area contributed by atoms with Gasteiger partial charge in [-0.2, -0.15) is 0 Å². The van der Waals surface area contributed by atoms with Crippen molar-refractivity contribution in [3.8, 4) is 0 Å². The van der Waals surface area contributed by atoms with E-state index in [1.54, 1.807) is 0 Å². The Morgan fingerprint density at radius 2 is 2.24 bits per heavy atom. The largest absolute Gasteiger partial charge is 0.376 e. The highest BCUT2D eigenvalue weighted by Gasteiger charge is 2.34. The normalized spacial score (nSPS) is 16.9. The van der Waals surface area contributed by atoms with Crippen LogP contribution in [0.3, 0.4) is 0 Å². The smallest absolute Gasteiger partial charge is 0.230 e. The molecule has 0 aliphatic carbocycles. The van der Waals surface area contributed by atoms with Crippen LogP contribution in [0.25, 0.3) is 0 Å².